The average Bonchev–Trinajstić information content (AvgIpc) is 1.91. The molecule has 0 aliphatic rings. The Labute approximate surface area is 81.6 Å². The lowest BCUT2D eigenvalue weighted by molar-refractivity contribution is 0.405. The van der Waals surface area contributed by atoms with Crippen LogP contribution in [0.4, 0.5) is 0 Å². The normalized spacial score (nSPS) is 11.7. The van der Waals surface area contributed by atoms with Crippen molar-refractivity contribution in [1.82, 2.24) is 9.97 Å². The number of aromatic nitrogens is 2. The fraction of sp³-hybridized carbons (Fsp3) is 0.556. The molecule has 0 aliphatic heterocycles. The van der Waals surface area contributed by atoms with Gasteiger partial charge in [0.2, 0.25) is 0 Å². The van der Waals surface area contributed by atoms with E-state index < -0.39 is 0 Å². The Morgan fingerprint density at radius 2 is 1.92 bits per heavy atom. The Bertz CT molecular complexity index is 248. The second kappa shape index (κ2) is 3.52. The van der Waals surface area contributed by atoms with E-state index in [1.165, 1.54) is 0 Å². The molecule has 3 heteroatoms. The zero-order valence-electron chi connectivity index (χ0n) is 7.63. The summed E-state index contributed by atoms with van der Waals surface area (Å²) in [5, 5.41) is 0. The van der Waals surface area contributed by atoms with Crippen LogP contribution in [0, 0.1) is 5.41 Å². The third-order valence-corrected chi connectivity index (χ3v) is 1.79. The van der Waals surface area contributed by atoms with Gasteiger partial charge in [-0.3, -0.25) is 4.98 Å². The van der Waals surface area contributed by atoms with Crippen LogP contribution in [-0.4, -0.2) is 9.97 Å². The van der Waals surface area contributed by atoms with E-state index in [9.17, 15) is 0 Å². The molecule has 0 bridgehead atoms. The molecule has 0 amide bonds. The molecular formula is C9H13BrN2. The zero-order chi connectivity index (χ0) is 9.19. The first-order valence-electron chi connectivity index (χ1n) is 3.94. The summed E-state index contributed by atoms with van der Waals surface area (Å²) in [6.45, 7) is 6.57. The first-order chi connectivity index (χ1) is 5.47. The minimum absolute atomic E-state index is 0.280. The molecule has 0 saturated carbocycles. The van der Waals surface area contributed by atoms with Crippen LogP contribution < -0.4 is 0 Å². The van der Waals surface area contributed by atoms with Gasteiger partial charge in [0.25, 0.3) is 0 Å². The maximum absolute atomic E-state index is 4.25. The summed E-state index contributed by atoms with van der Waals surface area (Å²) in [4.78, 5) is 8.37. The average molecular weight is 229 g/mol. The molecular weight excluding hydrogens is 216 g/mol. The van der Waals surface area contributed by atoms with Gasteiger partial charge >= 0.3 is 0 Å². The second-order valence-electron chi connectivity index (χ2n) is 4.07. The number of halogens is 1. The Hall–Kier alpha value is -0.440. The smallest absolute Gasteiger partial charge is 0.124 e. The van der Waals surface area contributed by atoms with E-state index in [4.69, 9.17) is 0 Å². The largest absolute Gasteiger partial charge is 0.257 e. The predicted molar refractivity (Wildman–Crippen MR) is 52.9 cm³/mol. The van der Waals surface area contributed by atoms with E-state index >= 15 is 0 Å². The summed E-state index contributed by atoms with van der Waals surface area (Å²) in [6, 6.07) is 0. The van der Waals surface area contributed by atoms with Gasteiger partial charge in [0.15, 0.2) is 0 Å². The molecule has 0 saturated heterocycles. The van der Waals surface area contributed by atoms with Gasteiger partial charge in [0.05, 0.1) is 11.9 Å². The molecule has 0 fully saturated rings. The van der Waals surface area contributed by atoms with E-state index in [2.05, 4.69) is 46.7 Å². The lowest BCUT2D eigenvalue weighted by Gasteiger charge is -2.16. The highest BCUT2D eigenvalue weighted by atomic mass is 79.9. The molecule has 12 heavy (non-hydrogen) atoms. The van der Waals surface area contributed by atoms with Crippen molar-refractivity contribution in [1.29, 1.82) is 0 Å². The summed E-state index contributed by atoms with van der Waals surface area (Å²) >= 11 is 3.25. The van der Waals surface area contributed by atoms with Crippen molar-refractivity contribution in [2.75, 3.05) is 0 Å². The van der Waals surface area contributed by atoms with Gasteiger partial charge in [0.1, 0.15) is 4.60 Å². The molecule has 0 unspecified atom stereocenters. The van der Waals surface area contributed by atoms with Crippen LogP contribution in [0.3, 0.4) is 0 Å². The maximum atomic E-state index is 4.25. The SMILES string of the molecule is CC(C)(C)Cc1cnc(Br)cn1. The maximum Gasteiger partial charge on any atom is 0.124 e. The summed E-state index contributed by atoms with van der Waals surface area (Å²) in [5.74, 6) is 0. The van der Waals surface area contributed by atoms with Crippen molar-refractivity contribution in [2.45, 2.75) is 27.2 Å². The van der Waals surface area contributed by atoms with E-state index in [-0.39, 0.29) is 5.41 Å². The molecule has 1 aromatic heterocycles. The fourth-order valence-electron chi connectivity index (χ4n) is 0.974. The number of hydrogen-bond acceptors (Lipinski definition) is 2. The minimum atomic E-state index is 0.280. The topological polar surface area (TPSA) is 25.8 Å². The van der Waals surface area contributed by atoms with Crippen molar-refractivity contribution < 1.29 is 0 Å². The quantitative estimate of drug-likeness (QED) is 0.739. The van der Waals surface area contributed by atoms with Gasteiger partial charge in [-0.2, -0.15) is 0 Å². The molecule has 0 radical (unpaired) electrons. The van der Waals surface area contributed by atoms with E-state index in [1.54, 1.807) is 6.20 Å². The molecule has 0 spiro atoms. The van der Waals surface area contributed by atoms with Gasteiger partial charge in [-0.15, -0.1) is 0 Å². The van der Waals surface area contributed by atoms with Gasteiger partial charge in [-0.1, -0.05) is 20.8 Å². The van der Waals surface area contributed by atoms with Gasteiger partial charge in [0, 0.05) is 6.20 Å². The monoisotopic (exact) mass is 228 g/mol. The van der Waals surface area contributed by atoms with Crippen LogP contribution in [0.2, 0.25) is 0 Å². The standard InChI is InChI=1S/C9H13BrN2/c1-9(2,3)4-7-5-12-8(10)6-11-7/h5-6H,4H2,1-3H3. The Kier molecular flexibility index (Phi) is 2.83. The highest BCUT2D eigenvalue weighted by Gasteiger charge is 2.11. The molecule has 0 atom stereocenters. The Morgan fingerprint density at radius 3 is 2.33 bits per heavy atom. The predicted octanol–water partition coefficient (Wildman–Crippen LogP) is 2.83. The number of hydrogen-bond donors (Lipinski definition) is 0. The third-order valence-electron chi connectivity index (χ3n) is 1.39. The van der Waals surface area contributed by atoms with E-state index in [0.717, 1.165) is 16.7 Å². The molecule has 1 heterocycles. The van der Waals surface area contributed by atoms with Crippen LogP contribution in [0.15, 0.2) is 17.0 Å². The van der Waals surface area contributed by atoms with E-state index in [1.807, 2.05) is 6.20 Å². The summed E-state index contributed by atoms with van der Waals surface area (Å²) in [6.07, 6.45) is 4.52. The van der Waals surface area contributed by atoms with E-state index in [0.29, 0.717) is 0 Å². The van der Waals surface area contributed by atoms with Gasteiger partial charge in [-0.25, -0.2) is 4.98 Å². The lowest BCUT2D eigenvalue weighted by Crippen LogP contribution is -2.10. The van der Waals surface area contributed by atoms with Crippen LogP contribution in [0.1, 0.15) is 26.5 Å². The molecule has 0 N–H and O–H groups in total. The van der Waals surface area contributed by atoms with Gasteiger partial charge < -0.3 is 0 Å². The molecule has 2 nitrogen and oxygen atoms in total. The third kappa shape index (κ3) is 3.30. The second-order valence-corrected chi connectivity index (χ2v) is 4.88. The molecule has 0 aromatic carbocycles. The highest BCUT2D eigenvalue weighted by molar-refractivity contribution is 9.10. The Balaban J connectivity index is 2.71. The van der Waals surface area contributed by atoms with Crippen LogP contribution >= 0.6 is 15.9 Å². The molecule has 66 valence electrons. The molecule has 1 aromatic rings. The van der Waals surface area contributed by atoms with Crippen molar-refractivity contribution >= 4 is 15.9 Å². The summed E-state index contributed by atoms with van der Waals surface area (Å²) in [7, 11) is 0. The van der Waals surface area contributed by atoms with Crippen molar-refractivity contribution in [3.63, 3.8) is 0 Å². The molecule has 1 rings (SSSR count). The van der Waals surface area contributed by atoms with Crippen LogP contribution in [0.25, 0.3) is 0 Å². The first-order valence-corrected chi connectivity index (χ1v) is 4.73. The van der Waals surface area contributed by atoms with Crippen LogP contribution in [0.5, 0.6) is 0 Å². The molecule has 0 aliphatic carbocycles. The highest BCUT2D eigenvalue weighted by Crippen LogP contribution is 2.18. The van der Waals surface area contributed by atoms with Crippen molar-refractivity contribution in [2.24, 2.45) is 5.41 Å². The lowest BCUT2D eigenvalue weighted by atomic mass is 9.91. The summed E-state index contributed by atoms with van der Waals surface area (Å²) in [5.41, 5.74) is 1.33. The number of rotatable bonds is 1. The minimum Gasteiger partial charge on any atom is -0.257 e. The summed E-state index contributed by atoms with van der Waals surface area (Å²) < 4.78 is 0.792. The number of nitrogens with zero attached hydrogens (tertiary/aromatic N) is 2. The fourth-order valence-corrected chi connectivity index (χ4v) is 1.18. The van der Waals surface area contributed by atoms with Gasteiger partial charge in [-0.05, 0) is 27.8 Å². The first kappa shape index (κ1) is 9.65. The Morgan fingerprint density at radius 1 is 1.25 bits per heavy atom. The van der Waals surface area contributed by atoms with Crippen LogP contribution in [-0.2, 0) is 6.42 Å². The zero-order valence-corrected chi connectivity index (χ0v) is 9.22. The van der Waals surface area contributed by atoms with Crippen molar-refractivity contribution in [3.05, 3.63) is 22.7 Å². The van der Waals surface area contributed by atoms with Crippen molar-refractivity contribution in [3.8, 4) is 0 Å².